The van der Waals surface area contributed by atoms with Gasteiger partial charge in [-0.1, -0.05) is 11.8 Å². The highest BCUT2D eigenvalue weighted by Gasteiger charge is 2.26. The third kappa shape index (κ3) is 2.28. The quantitative estimate of drug-likeness (QED) is 0.853. The lowest BCUT2D eigenvalue weighted by molar-refractivity contribution is 0.201. The molecule has 2 atom stereocenters. The van der Waals surface area contributed by atoms with E-state index in [9.17, 15) is 5.11 Å². The van der Waals surface area contributed by atoms with Crippen molar-refractivity contribution in [3.05, 3.63) is 22.8 Å². The third-order valence-electron chi connectivity index (χ3n) is 2.12. The molecule has 1 saturated heterocycles. The van der Waals surface area contributed by atoms with E-state index in [1.807, 2.05) is 12.1 Å². The molecule has 1 aliphatic rings. The third-order valence-corrected chi connectivity index (χ3v) is 4.35. The smallest absolute Gasteiger partial charge is 0.111 e. The minimum Gasteiger partial charge on any atom is -0.391 e. The molecule has 2 heterocycles. The monoisotopic (exact) mass is 274 g/mol. The van der Waals surface area contributed by atoms with Gasteiger partial charge in [0.1, 0.15) is 5.03 Å². The minimum absolute atomic E-state index is 0.209. The molecular weight excluding hydrogens is 264 g/mol. The van der Waals surface area contributed by atoms with E-state index in [0.717, 1.165) is 16.0 Å². The molecule has 2 N–H and O–H groups in total. The average Bonchev–Trinajstić information content (AvgIpc) is 2.56. The Morgan fingerprint density at radius 3 is 3.07 bits per heavy atom. The van der Waals surface area contributed by atoms with Crippen LogP contribution in [0.1, 0.15) is 0 Å². The van der Waals surface area contributed by atoms with Crippen LogP contribution in [0.2, 0.25) is 0 Å². The maximum absolute atomic E-state index is 9.61. The summed E-state index contributed by atoms with van der Waals surface area (Å²) in [6, 6.07) is 3.85. The van der Waals surface area contributed by atoms with E-state index < -0.39 is 0 Å². The molecule has 0 aromatic carbocycles. The molecule has 2 unspecified atom stereocenters. The highest BCUT2D eigenvalue weighted by atomic mass is 79.9. The Kier molecular flexibility index (Phi) is 3.43. The van der Waals surface area contributed by atoms with Gasteiger partial charge in [-0.15, -0.1) is 0 Å². The first kappa shape index (κ1) is 10.4. The molecule has 76 valence electrons. The van der Waals surface area contributed by atoms with E-state index in [-0.39, 0.29) is 11.4 Å². The summed E-state index contributed by atoms with van der Waals surface area (Å²) in [5.41, 5.74) is 0. The van der Waals surface area contributed by atoms with Crippen molar-refractivity contribution in [2.24, 2.45) is 0 Å². The van der Waals surface area contributed by atoms with Crippen LogP contribution in [0.25, 0.3) is 0 Å². The van der Waals surface area contributed by atoms with E-state index in [1.54, 1.807) is 18.0 Å². The highest BCUT2D eigenvalue weighted by Crippen LogP contribution is 2.30. The Hall–Kier alpha value is -0.100. The largest absolute Gasteiger partial charge is 0.391 e. The molecule has 1 aliphatic heterocycles. The van der Waals surface area contributed by atoms with E-state index in [1.165, 1.54) is 0 Å². The van der Waals surface area contributed by atoms with Gasteiger partial charge in [0.2, 0.25) is 0 Å². The molecule has 0 saturated carbocycles. The first-order chi connectivity index (χ1) is 6.77. The Labute approximate surface area is 95.4 Å². The number of nitrogens with zero attached hydrogens (tertiary/aromatic N) is 1. The summed E-state index contributed by atoms with van der Waals surface area (Å²) in [5, 5.41) is 13.9. The SMILES string of the molecule is OC1CNCC1Sc1ncccc1Br. The van der Waals surface area contributed by atoms with E-state index >= 15 is 0 Å². The maximum Gasteiger partial charge on any atom is 0.111 e. The molecule has 1 fully saturated rings. The van der Waals surface area contributed by atoms with Crippen LogP contribution in [-0.2, 0) is 0 Å². The lowest BCUT2D eigenvalue weighted by atomic mass is 10.3. The number of rotatable bonds is 2. The van der Waals surface area contributed by atoms with Crippen LogP contribution in [0.5, 0.6) is 0 Å². The minimum atomic E-state index is -0.270. The van der Waals surface area contributed by atoms with Crippen molar-refractivity contribution in [3.63, 3.8) is 0 Å². The van der Waals surface area contributed by atoms with Gasteiger partial charge in [0.25, 0.3) is 0 Å². The van der Waals surface area contributed by atoms with Gasteiger partial charge in [0, 0.05) is 23.8 Å². The molecule has 5 heteroatoms. The second-order valence-corrected chi connectivity index (χ2v) is 5.25. The summed E-state index contributed by atoms with van der Waals surface area (Å²) >= 11 is 5.05. The summed E-state index contributed by atoms with van der Waals surface area (Å²) < 4.78 is 0.990. The van der Waals surface area contributed by atoms with Crippen LogP contribution in [0.4, 0.5) is 0 Å². The maximum atomic E-state index is 9.61. The van der Waals surface area contributed by atoms with Crippen LogP contribution in [0.3, 0.4) is 0 Å². The fourth-order valence-electron chi connectivity index (χ4n) is 1.36. The number of nitrogens with one attached hydrogen (secondary N) is 1. The van der Waals surface area contributed by atoms with Crippen molar-refractivity contribution < 1.29 is 5.11 Å². The molecule has 0 aliphatic carbocycles. The van der Waals surface area contributed by atoms with Crippen molar-refractivity contribution >= 4 is 27.7 Å². The molecular formula is C9H11BrN2OS. The molecule has 1 aromatic heterocycles. The lowest BCUT2D eigenvalue weighted by Gasteiger charge is -2.12. The zero-order valence-electron chi connectivity index (χ0n) is 7.48. The highest BCUT2D eigenvalue weighted by molar-refractivity contribution is 9.10. The number of thioether (sulfide) groups is 1. The van der Waals surface area contributed by atoms with Gasteiger partial charge in [-0.2, -0.15) is 0 Å². The zero-order valence-corrected chi connectivity index (χ0v) is 9.88. The number of aliphatic hydroxyl groups excluding tert-OH is 1. The van der Waals surface area contributed by atoms with Crippen LogP contribution in [0.15, 0.2) is 27.8 Å². The molecule has 0 amide bonds. The molecule has 14 heavy (non-hydrogen) atoms. The molecule has 1 aromatic rings. The van der Waals surface area contributed by atoms with Gasteiger partial charge in [0.15, 0.2) is 0 Å². The van der Waals surface area contributed by atoms with Crippen LogP contribution >= 0.6 is 27.7 Å². The van der Waals surface area contributed by atoms with Gasteiger partial charge in [-0.3, -0.25) is 0 Å². The number of aliphatic hydroxyl groups is 1. The average molecular weight is 275 g/mol. The van der Waals surface area contributed by atoms with Crippen molar-refractivity contribution in [1.82, 2.24) is 10.3 Å². The van der Waals surface area contributed by atoms with Crippen LogP contribution < -0.4 is 5.32 Å². The molecule has 0 spiro atoms. The van der Waals surface area contributed by atoms with Gasteiger partial charge < -0.3 is 10.4 Å². The Balaban J connectivity index is 2.07. The van der Waals surface area contributed by atoms with Crippen molar-refractivity contribution in [2.75, 3.05) is 13.1 Å². The van der Waals surface area contributed by atoms with Crippen LogP contribution in [0, 0.1) is 0 Å². The van der Waals surface area contributed by atoms with E-state index in [0.29, 0.717) is 6.54 Å². The Bertz CT molecular complexity index is 323. The molecule has 3 nitrogen and oxygen atoms in total. The number of pyridine rings is 1. The van der Waals surface area contributed by atoms with E-state index in [2.05, 4.69) is 26.2 Å². The number of β-amino-alcohol motifs (C(OH)–C–C–N with tert-alkyl or cyclic N) is 1. The van der Waals surface area contributed by atoms with E-state index in [4.69, 9.17) is 0 Å². The number of hydrogen-bond donors (Lipinski definition) is 2. The van der Waals surface area contributed by atoms with Gasteiger partial charge in [0.05, 0.1) is 11.4 Å². The van der Waals surface area contributed by atoms with Gasteiger partial charge >= 0.3 is 0 Å². The first-order valence-corrected chi connectivity index (χ1v) is 6.10. The lowest BCUT2D eigenvalue weighted by Crippen LogP contribution is -2.20. The first-order valence-electron chi connectivity index (χ1n) is 4.43. The number of hydrogen-bond acceptors (Lipinski definition) is 4. The van der Waals surface area contributed by atoms with Crippen LogP contribution in [-0.4, -0.2) is 34.5 Å². The Morgan fingerprint density at radius 2 is 2.43 bits per heavy atom. The number of halogens is 1. The molecule has 0 bridgehead atoms. The standard InChI is InChI=1S/C9H11BrN2OS/c10-6-2-1-3-12-9(6)14-8-5-11-4-7(8)13/h1-3,7-8,11,13H,4-5H2. The Morgan fingerprint density at radius 1 is 1.57 bits per heavy atom. The predicted molar refractivity (Wildman–Crippen MR) is 60.5 cm³/mol. The predicted octanol–water partition coefficient (Wildman–Crippen LogP) is 1.27. The summed E-state index contributed by atoms with van der Waals surface area (Å²) in [4.78, 5) is 4.25. The second-order valence-electron chi connectivity index (χ2n) is 3.17. The summed E-state index contributed by atoms with van der Waals surface area (Å²) in [7, 11) is 0. The second kappa shape index (κ2) is 4.61. The zero-order chi connectivity index (χ0) is 9.97. The number of aromatic nitrogens is 1. The molecule has 2 rings (SSSR count). The van der Waals surface area contributed by atoms with Crippen molar-refractivity contribution in [1.29, 1.82) is 0 Å². The van der Waals surface area contributed by atoms with Gasteiger partial charge in [-0.05, 0) is 28.1 Å². The molecule has 0 radical (unpaired) electrons. The summed E-state index contributed by atoms with van der Waals surface area (Å²) in [6.45, 7) is 1.52. The van der Waals surface area contributed by atoms with Crippen molar-refractivity contribution in [2.45, 2.75) is 16.4 Å². The summed E-state index contributed by atoms with van der Waals surface area (Å²) in [5.74, 6) is 0. The van der Waals surface area contributed by atoms with Gasteiger partial charge in [-0.25, -0.2) is 4.98 Å². The topological polar surface area (TPSA) is 45.1 Å². The van der Waals surface area contributed by atoms with Crippen molar-refractivity contribution in [3.8, 4) is 0 Å². The fourth-order valence-corrected chi connectivity index (χ4v) is 2.94. The fraction of sp³-hybridized carbons (Fsp3) is 0.444. The normalized spacial score (nSPS) is 26.7. The summed E-state index contributed by atoms with van der Waals surface area (Å²) in [6.07, 6.45) is 1.50.